The molecule has 0 saturated carbocycles. The third-order valence-corrected chi connectivity index (χ3v) is 4.53. The highest BCUT2D eigenvalue weighted by molar-refractivity contribution is 6.30. The van der Waals surface area contributed by atoms with Crippen LogP contribution in [0.25, 0.3) is 0 Å². The van der Waals surface area contributed by atoms with E-state index in [0.29, 0.717) is 29.7 Å². The molecule has 0 saturated heterocycles. The fraction of sp³-hybridized carbons (Fsp3) is 0.208. The van der Waals surface area contributed by atoms with E-state index < -0.39 is 0 Å². The molecule has 0 aliphatic carbocycles. The molecule has 0 fully saturated rings. The third-order valence-electron chi connectivity index (χ3n) is 4.28. The summed E-state index contributed by atoms with van der Waals surface area (Å²) < 4.78 is 11.7. The van der Waals surface area contributed by atoms with Crippen LogP contribution in [0.2, 0.25) is 5.02 Å². The molecule has 0 atom stereocenters. The molecule has 0 spiro atoms. The van der Waals surface area contributed by atoms with Crippen LogP contribution in [-0.4, -0.2) is 12.8 Å². The Morgan fingerprint density at radius 1 is 0.893 bits per heavy atom. The lowest BCUT2D eigenvalue weighted by atomic mass is 10.1. The van der Waals surface area contributed by atoms with Crippen LogP contribution in [0.3, 0.4) is 0 Å². The maximum atomic E-state index is 5.95. The van der Waals surface area contributed by atoms with Gasteiger partial charge in [0.1, 0.15) is 6.61 Å². The molecule has 0 aromatic heterocycles. The van der Waals surface area contributed by atoms with E-state index in [1.165, 1.54) is 5.56 Å². The van der Waals surface area contributed by atoms with E-state index in [9.17, 15) is 0 Å². The molecule has 0 unspecified atom stereocenters. The Hall–Kier alpha value is -2.78. The lowest BCUT2D eigenvalue weighted by Gasteiger charge is -2.13. The second kappa shape index (κ2) is 9.43. The van der Waals surface area contributed by atoms with Crippen LogP contribution in [0.4, 0.5) is 5.69 Å². The largest absolute Gasteiger partial charge is 0.490 e. The fourth-order valence-electron chi connectivity index (χ4n) is 2.83. The summed E-state index contributed by atoms with van der Waals surface area (Å²) in [6.07, 6.45) is 1.85. The number of benzene rings is 3. The van der Waals surface area contributed by atoms with Gasteiger partial charge in [-0.05, 0) is 73.9 Å². The van der Waals surface area contributed by atoms with Gasteiger partial charge >= 0.3 is 0 Å². The molecule has 0 N–H and O–H groups in total. The summed E-state index contributed by atoms with van der Waals surface area (Å²) in [4.78, 5) is 4.62. The Morgan fingerprint density at radius 2 is 1.68 bits per heavy atom. The number of aliphatic imine (C=N–C) groups is 1. The van der Waals surface area contributed by atoms with E-state index in [-0.39, 0.29) is 0 Å². The Kier molecular flexibility index (Phi) is 6.72. The Bertz CT molecular complexity index is 965. The Balaban J connectivity index is 1.76. The Labute approximate surface area is 171 Å². The minimum Gasteiger partial charge on any atom is -0.490 e. The van der Waals surface area contributed by atoms with Crippen LogP contribution in [-0.2, 0) is 6.61 Å². The number of aryl methyl sites for hydroxylation is 2. The normalized spacial score (nSPS) is 11.0. The van der Waals surface area contributed by atoms with Crippen molar-refractivity contribution in [1.29, 1.82) is 0 Å². The van der Waals surface area contributed by atoms with Gasteiger partial charge in [0.15, 0.2) is 11.5 Å². The summed E-state index contributed by atoms with van der Waals surface area (Å²) >= 11 is 5.93. The van der Waals surface area contributed by atoms with Gasteiger partial charge in [0.05, 0.1) is 12.3 Å². The summed E-state index contributed by atoms with van der Waals surface area (Å²) in [6, 6.07) is 19.7. The zero-order valence-electron chi connectivity index (χ0n) is 16.4. The van der Waals surface area contributed by atoms with Crippen molar-refractivity contribution in [1.82, 2.24) is 0 Å². The van der Waals surface area contributed by atoms with Crippen LogP contribution < -0.4 is 9.47 Å². The molecule has 0 amide bonds. The molecule has 3 rings (SSSR count). The average molecular weight is 394 g/mol. The quantitative estimate of drug-likeness (QED) is 0.419. The fourth-order valence-corrected chi connectivity index (χ4v) is 2.95. The highest BCUT2D eigenvalue weighted by atomic mass is 35.5. The molecule has 3 nitrogen and oxygen atoms in total. The van der Waals surface area contributed by atoms with Crippen molar-refractivity contribution in [2.24, 2.45) is 4.99 Å². The molecule has 0 aliphatic heterocycles. The van der Waals surface area contributed by atoms with Crippen LogP contribution in [0.5, 0.6) is 11.5 Å². The molecule has 28 heavy (non-hydrogen) atoms. The molecule has 144 valence electrons. The Morgan fingerprint density at radius 3 is 2.39 bits per heavy atom. The van der Waals surface area contributed by atoms with E-state index >= 15 is 0 Å². The molecule has 3 aromatic carbocycles. The first-order valence-corrected chi connectivity index (χ1v) is 9.68. The van der Waals surface area contributed by atoms with Crippen molar-refractivity contribution in [3.8, 4) is 11.5 Å². The molecule has 0 aliphatic rings. The zero-order valence-corrected chi connectivity index (χ0v) is 17.2. The van der Waals surface area contributed by atoms with Gasteiger partial charge in [-0.15, -0.1) is 0 Å². The van der Waals surface area contributed by atoms with Gasteiger partial charge in [-0.25, -0.2) is 0 Å². The first-order valence-electron chi connectivity index (χ1n) is 9.30. The minimum absolute atomic E-state index is 0.452. The summed E-state index contributed by atoms with van der Waals surface area (Å²) in [7, 11) is 0. The van der Waals surface area contributed by atoms with Gasteiger partial charge in [-0.2, -0.15) is 0 Å². The summed E-state index contributed by atoms with van der Waals surface area (Å²) in [5.74, 6) is 1.42. The van der Waals surface area contributed by atoms with Gasteiger partial charge in [0.2, 0.25) is 0 Å². The molecule has 0 radical (unpaired) electrons. The molecular formula is C24H24ClNO2. The van der Waals surface area contributed by atoms with Crippen molar-refractivity contribution < 1.29 is 9.47 Å². The number of hydrogen-bond donors (Lipinski definition) is 0. The van der Waals surface area contributed by atoms with E-state index in [1.807, 2.05) is 61.7 Å². The summed E-state index contributed by atoms with van der Waals surface area (Å²) in [5.41, 5.74) is 5.36. The maximum Gasteiger partial charge on any atom is 0.161 e. The van der Waals surface area contributed by atoms with Crippen LogP contribution in [0.15, 0.2) is 65.7 Å². The van der Waals surface area contributed by atoms with Gasteiger partial charge in [-0.1, -0.05) is 41.4 Å². The number of halogens is 1. The van der Waals surface area contributed by atoms with Gasteiger partial charge in [-0.3, -0.25) is 4.99 Å². The van der Waals surface area contributed by atoms with Crippen molar-refractivity contribution >= 4 is 23.5 Å². The maximum absolute atomic E-state index is 5.95. The van der Waals surface area contributed by atoms with Gasteiger partial charge < -0.3 is 9.47 Å². The standard InChI is InChI=1S/C24H24ClNO2/c1-4-27-24-14-20(15-26-22-11-5-17(2)13-18(22)3)8-12-23(24)28-16-19-6-9-21(25)10-7-19/h5-15H,4,16H2,1-3H3. The van der Waals surface area contributed by atoms with Gasteiger partial charge in [0, 0.05) is 11.2 Å². The third kappa shape index (κ3) is 5.37. The predicted octanol–water partition coefficient (Wildman–Crippen LogP) is 6.69. The SMILES string of the molecule is CCOc1cc(C=Nc2ccc(C)cc2C)ccc1OCc1ccc(Cl)cc1. The van der Waals surface area contributed by atoms with Crippen LogP contribution >= 0.6 is 11.6 Å². The average Bonchev–Trinajstić information content (AvgIpc) is 2.68. The van der Waals surface area contributed by atoms with Crippen molar-refractivity contribution in [2.75, 3.05) is 6.61 Å². The number of rotatable bonds is 7. The highest BCUT2D eigenvalue weighted by Crippen LogP contribution is 2.29. The summed E-state index contributed by atoms with van der Waals surface area (Å²) in [6.45, 7) is 7.12. The molecule has 0 bridgehead atoms. The summed E-state index contributed by atoms with van der Waals surface area (Å²) in [5, 5.41) is 0.714. The van der Waals surface area contributed by atoms with E-state index in [4.69, 9.17) is 21.1 Å². The van der Waals surface area contributed by atoms with Crippen molar-refractivity contribution in [3.63, 3.8) is 0 Å². The van der Waals surface area contributed by atoms with E-state index in [1.54, 1.807) is 0 Å². The minimum atomic E-state index is 0.452. The first kappa shape index (κ1) is 20.0. The monoisotopic (exact) mass is 393 g/mol. The lowest BCUT2D eigenvalue weighted by molar-refractivity contribution is 0.269. The van der Waals surface area contributed by atoms with Crippen molar-refractivity contribution in [2.45, 2.75) is 27.4 Å². The molecular weight excluding hydrogens is 370 g/mol. The number of ether oxygens (including phenoxy) is 2. The zero-order chi connectivity index (χ0) is 19.9. The molecule has 0 heterocycles. The van der Waals surface area contributed by atoms with Crippen molar-refractivity contribution in [3.05, 3.63) is 87.9 Å². The van der Waals surface area contributed by atoms with Crippen LogP contribution in [0.1, 0.15) is 29.2 Å². The molecule has 3 aromatic rings. The van der Waals surface area contributed by atoms with Gasteiger partial charge in [0.25, 0.3) is 0 Å². The highest BCUT2D eigenvalue weighted by Gasteiger charge is 2.07. The lowest BCUT2D eigenvalue weighted by Crippen LogP contribution is -2.00. The number of nitrogens with zero attached hydrogens (tertiary/aromatic N) is 1. The topological polar surface area (TPSA) is 30.8 Å². The second-order valence-electron chi connectivity index (χ2n) is 6.60. The second-order valence-corrected chi connectivity index (χ2v) is 7.04. The number of hydrogen-bond acceptors (Lipinski definition) is 3. The predicted molar refractivity (Wildman–Crippen MR) is 117 cm³/mol. The first-order chi connectivity index (χ1) is 13.5. The molecule has 4 heteroatoms. The van der Waals surface area contributed by atoms with Crippen LogP contribution in [0, 0.1) is 13.8 Å². The smallest absolute Gasteiger partial charge is 0.161 e. The van der Waals surface area contributed by atoms with E-state index in [0.717, 1.165) is 22.4 Å². The van der Waals surface area contributed by atoms with E-state index in [2.05, 4.69) is 31.0 Å².